The molecule has 0 heterocycles. The smallest absolute Gasteiger partial charge is 0.338 e. The molecule has 2 N–H and O–H groups in total. The van der Waals surface area contributed by atoms with E-state index >= 15 is 0 Å². The van der Waals surface area contributed by atoms with Crippen LogP contribution >= 0.6 is 0 Å². The van der Waals surface area contributed by atoms with Gasteiger partial charge in [0, 0.05) is 26.2 Å². The van der Waals surface area contributed by atoms with Crippen LogP contribution in [0.1, 0.15) is 48.2 Å². The summed E-state index contributed by atoms with van der Waals surface area (Å²) in [6.45, 7) is 7.19. The quantitative estimate of drug-likeness (QED) is 0.181. The minimum Gasteiger partial charge on any atom is -0.504 e. The van der Waals surface area contributed by atoms with E-state index in [-0.39, 0.29) is 24.9 Å². The maximum Gasteiger partial charge on any atom is 0.338 e. The molecule has 0 bridgehead atoms. The minimum atomic E-state index is -0.413. The van der Waals surface area contributed by atoms with Crippen molar-refractivity contribution in [2.45, 2.75) is 39.7 Å². The van der Waals surface area contributed by atoms with Gasteiger partial charge in [0.05, 0.1) is 18.8 Å². The molecule has 0 aliphatic carbocycles. The second-order valence-electron chi connectivity index (χ2n) is 9.36. The maximum atomic E-state index is 12.8. The molecule has 0 spiro atoms. The number of carbonyl (C=O) groups excluding carboxylic acids is 2. The molecule has 0 saturated carbocycles. The summed E-state index contributed by atoms with van der Waals surface area (Å²) >= 11 is 0. The van der Waals surface area contributed by atoms with Crippen molar-refractivity contribution in [3.8, 4) is 17.2 Å². The van der Waals surface area contributed by atoms with Crippen molar-refractivity contribution in [1.82, 2.24) is 10.2 Å². The first-order valence-electron chi connectivity index (χ1n) is 13.9. The lowest BCUT2D eigenvalue weighted by molar-refractivity contribution is -0.123. The van der Waals surface area contributed by atoms with E-state index in [1.165, 1.54) is 5.56 Å². The van der Waals surface area contributed by atoms with E-state index < -0.39 is 5.97 Å². The van der Waals surface area contributed by atoms with Crippen molar-refractivity contribution in [2.24, 2.45) is 0 Å². The first-order chi connectivity index (χ1) is 19.5. The third kappa shape index (κ3) is 10.3. The molecule has 0 unspecified atom stereocenters. The molecule has 8 nitrogen and oxygen atoms in total. The second kappa shape index (κ2) is 16.8. The summed E-state index contributed by atoms with van der Waals surface area (Å²) < 4.78 is 16.7. The molecule has 3 aromatic rings. The van der Waals surface area contributed by atoms with Gasteiger partial charge in [0.2, 0.25) is 0 Å². The molecular formula is C32H40N2O6. The van der Waals surface area contributed by atoms with Crippen LogP contribution in [-0.2, 0) is 22.5 Å². The van der Waals surface area contributed by atoms with Crippen LogP contribution < -0.4 is 14.8 Å². The van der Waals surface area contributed by atoms with Gasteiger partial charge in [-0.05, 0) is 61.6 Å². The molecule has 40 heavy (non-hydrogen) atoms. The zero-order chi connectivity index (χ0) is 28.6. The van der Waals surface area contributed by atoms with Gasteiger partial charge in [0.25, 0.3) is 5.91 Å². The van der Waals surface area contributed by atoms with E-state index in [1.807, 2.05) is 37.3 Å². The number of esters is 1. The average Bonchev–Trinajstić information content (AvgIpc) is 2.97. The van der Waals surface area contributed by atoms with Gasteiger partial charge in [0.15, 0.2) is 18.1 Å². The van der Waals surface area contributed by atoms with Gasteiger partial charge in [-0.25, -0.2) is 4.79 Å². The summed E-state index contributed by atoms with van der Waals surface area (Å²) in [5.41, 5.74) is 2.49. The van der Waals surface area contributed by atoms with Crippen LogP contribution in [0.5, 0.6) is 17.2 Å². The zero-order valence-corrected chi connectivity index (χ0v) is 23.4. The lowest BCUT2D eigenvalue weighted by atomic mass is 10.0. The fraction of sp³-hybridized carbons (Fsp3) is 0.375. The lowest BCUT2D eigenvalue weighted by Crippen LogP contribution is -2.29. The number of benzene rings is 3. The van der Waals surface area contributed by atoms with Crippen LogP contribution in [-0.4, -0.2) is 61.3 Å². The van der Waals surface area contributed by atoms with Gasteiger partial charge in [-0.15, -0.1) is 0 Å². The first kappa shape index (κ1) is 30.5. The van der Waals surface area contributed by atoms with Crippen LogP contribution in [0.4, 0.5) is 0 Å². The highest BCUT2D eigenvalue weighted by molar-refractivity contribution is 5.91. The van der Waals surface area contributed by atoms with Crippen LogP contribution in [0.2, 0.25) is 0 Å². The van der Waals surface area contributed by atoms with Crippen LogP contribution in [0.3, 0.4) is 0 Å². The lowest BCUT2D eigenvalue weighted by Gasteiger charge is -2.23. The SMILES string of the molecule is CCCNC(=O)COc1ccc(CCN(CCCOc2ccccc2O)Cc2ccccc2)c(C(=O)OCC)c1. The Kier molecular flexibility index (Phi) is 12.8. The number of para-hydroxylation sites is 2. The third-order valence-corrected chi connectivity index (χ3v) is 6.21. The standard InChI is InChI=1S/C32H40N2O6/c1-3-18-33-31(36)24-40-27-16-15-26(28(22-27)32(37)38-4-2)17-20-34(23-25-11-6-5-7-12-25)19-10-21-39-30-14-9-8-13-29(30)35/h5-9,11-16,22,35H,3-4,10,17-21,23-24H2,1-2H3,(H,33,36). The van der Waals surface area contributed by atoms with Crippen LogP contribution in [0.15, 0.2) is 72.8 Å². The number of hydrogen-bond donors (Lipinski definition) is 2. The predicted molar refractivity (Wildman–Crippen MR) is 155 cm³/mol. The van der Waals surface area contributed by atoms with E-state index in [4.69, 9.17) is 14.2 Å². The largest absolute Gasteiger partial charge is 0.504 e. The number of ether oxygens (including phenoxy) is 3. The van der Waals surface area contributed by atoms with E-state index in [1.54, 1.807) is 37.3 Å². The molecule has 3 aromatic carbocycles. The molecule has 0 aliphatic heterocycles. The van der Waals surface area contributed by atoms with Gasteiger partial charge in [-0.2, -0.15) is 0 Å². The molecule has 3 rings (SSSR count). The van der Waals surface area contributed by atoms with Crippen molar-refractivity contribution in [3.63, 3.8) is 0 Å². The molecule has 0 atom stereocenters. The summed E-state index contributed by atoms with van der Waals surface area (Å²) in [5, 5.41) is 12.7. The number of hydrogen-bond acceptors (Lipinski definition) is 7. The third-order valence-electron chi connectivity index (χ3n) is 6.21. The molecule has 0 aliphatic rings. The fourth-order valence-corrected chi connectivity index (χ4v) is 4.17. The van der Waals surface area contributed by atoms with Crippen molar-refractivity contribution in [3.05, 3.63) is 89.5 Å². The van der Waals surface area contributed by atoms with E-state index in [2.05, 4.69) is 22.3 Å². The normalized spacial score (nSPS) is 10.8. The van der Waals surface area contributed by atoms with Crippen molar-refractivity contribution in [2.75, 3.05) is 39.5 Å². The Morgan fingerprint density at radius 2 is 1.70 bits per heavy atom. The Morgan fingerprint density at radius 3 is 2.45 bits per heavy atom. The van der Waals surface area contributed by atoms with Crippen molar-refractivity contribution < 1.29 is 28.9 Å². The fourth-order valence-electron chi connectivity index (χ4n) is 4.17. The molecule has 214 valence electrons. The highest BCUT2D eigenvalue weighted by atomic mass is 16.5. The number of phenols is 1. The number of carbonyl (C=O) groups is 2. The highest BCUT2D eigenvalue weighted by Gasteiger charge is 2.16. The van der Waals surface area contributed by atoms with Gasteiger partial charge in [0.1, 0.15) is 5.75 Å². The molecule has 8 heteroatoms. The molecule has 0 fully saturated rings. The molecule has 1 amide bonds. The number of rotatable bonds is 17. The summed E-state index contributed by atoms with van der Waals surface area (Å²) in [7, 11) is 0. The highest BCUT2D eigenvalue weighted by Crippen LogP contribution is 2.24. The predicted octanol–water partition coefficient (Wildman–Crippen LogP) is 4.99. The van der Waals surface area contributed by atoms with Crippen LogP contribution in [0, 0.1) is 0 Å². The first-order valence-corrected chi connectivity index (χ1v) is 13.9. The maximum absolute atomic E-state index is 12.8. The Hall–Kier alpha value is -4.04. The summed E-state index contributed by atoms with van der Waals surface area (Å²) in [6.07, 6.45) is 2.23. The summed E-state index contributed by atoms with van der Waals surface area (Å²) in [6, 6.07) is 22.5. The number of phenolic OH excluding ortho intramolecular Hbond substituents is 1. The van der Waals surface area contributed by atoms with Gasteiger partial charge >= 0.3 is 5.97 Å². The molecular weight excluding hydrogens is 508 g/mol. The Bertz CT molecular complexity index is 1200. The van der Waals surface area contributed by atoms with Crippen molar-refractivity contribution in [1.29, 1.82) is 0 Å². The number of amides is 1. The van der Waals surface area contributed by atoms with Gasteiger partial charge in [-0.1, -0.05) is 55.5 Å². The molecule has 0 saturated heterocycles. The van der Waals surface area contributed by atoms with E-state index in [0.717, 1.165) is 31.5 Å². The molecule has 0 aromatic heterocycles. The Balaban J connectivity index is 1.66. The van der Waals surface area contributed by atoms with E-state index in [9.17, 15) is 14.7 Å². The second-order valence-corrected chi connectivity index (χ2v) is 9.36. The number of nitrogens with zero attached hydrogens (tertiary/aromatic N) is 1. The van der Waals surface area contributed by atoms with Crippen LogP contribution in [0.25, 0.3) is 0 Å². The number of aromatic hydroxyl groups is 1. The van der Waals surface area contributed by atoms with Gasteiger partial charge in [-0.3, -0.25) is 9.69 Å². The topological polar surface area (TPSA) is 97.3 Å². The minimum absolute atomic E-state index is 0.116. The summed E-state index contributed by atoms with van der Waals surface area (Å²) in [5.74, 6) is 0.432. The number of nitrogens with one attached hydrogen (secondary N) is 1. The van der Waals surface area contributed by atoms with E-state index in [0.29, 0.717) is 43.2 Å². The Labute approximate surface area is 236 Å². The van der Waals surface area contributed by atoms with Gasteiger partial charge < -0.3 is 24.6 Å². The average molecular weight is 549 g/mol. The summed E-state index contributed by atoms with van der Waals surface area (Å²) in [4.78, 5) is 27.1. The monoisotopic (exact) mass is 548 g/mol. The molecule has 0 radical (unpaired) electrons. The van der Waals surface area contributed by atoms with Crippen molar-refractivity contribution >= 4 is 11.9 Å². The zero-order valence-electron chi connectivity index (χ0n) is 23.4. The Morgan fingerprint density at radius 1 is 0.925 bits per heavy atom.